The van der Waals surface area contributed by atoms with E-state index in [1.165, 1.54) is 15.7 Å². The molecule has 1 aromatic heterocycles. The van der Waals surface area contributed by atoms with E-state index in [0.717, 1.165) is 25.0 Å². The van der Waals surface area contributed by atoms with E-state index in [1.807, 2.05) is 31.2 Å². The average molecular weight is 282 g/mol. The molecule has 0 aliphatic heterocycles. The molecule has 0 radical (unpaired) electrons. The van der Waals surface area contributed by atoms with Gasteiger partial charge in [-0.2, -0.15) is 4.98 Å². The Kier molecular flexibility index (Phi) is 3.45. The molecule has 108 valence electrons. The van der Waals surface area contributed by atoms with Crippen LogP contribution in [0.4, 0.5) is 0 Å². The van der Waals surface area contributed by atoms with Gasteiger partial charge in [-0.15, -0.1) is 0 Å². The Hall–Kier alpha value is -2.23. The third kappa shape index (κ3) is 2.66. The van der Waals surface area contributed by atoms with Gasteiger partial charge < -0.3 is 0 Å². The number of fused-ring (bicyclic) bond motifs is 1. The van der Waals surface area contributed by atoms with Crippen LogP contribution in [-0.2, 0) is 19.4 Å². The lowest BCUT2D eigenvalue weighted by Crippen LogP contribution is -2.28. The number of aryl methyl sites for hydroxylation is 4. The molecule has 3 rings (SSSR count). The highest BCUT2D eigenvalue weighted by Crippen LogP contribution is 2.23. The number of hydrogen-bond acceptors (Lipinski definition) is 3. The summed E-state index contributed by atoms with van der Waals surface area (Å²) in [6.45, 7) is 3.66. The second kappa shape index (κ2) is 5.28. The number of Topliss-reactive ketones (excluding diaryl/α,β-unsaturated/α-hetero) is 1. The van der Waals surface area contributed by atoms with Crippen LogP contribution in [0.25, 0.3) is 0 Å². The number of nitrogens with zero attached hydrogens (tertiary/aromatic N) is 2. The van der Waals surface area contributed by atoms with Crippen LogP contribution in [0, 0.1) is 13.8 Å². The minimum Gasteiger partial charge on any atom is -0.292 e. The van der Waals surface area contributed by atoms with Crippen molar-refractivity contribution in [1.29, 1.82) is 0 Å². The maximum Gasteiger partial charge on any atom is 0.348 e. The molecule has 0 spiro atoms. The topological polar surface area (TPSA) is 52.0 Å². The van der Waals surface area contributed by atoms with Crippen molar-refractivity contribution < 1.29 is 4.79 Å². The Balaban J connectivity index is 1.89. The van der Waals surface area contributed by atoms with Crippen molar-refractivity contribution in [3.63, 3.8) is 0 Å². The molecular weight excluding hydrogens is 264 g/mol. The number of ketones is 1. The van der Waals surface area contributed by atoms with Crippen molar-refractivity contribution in [1.82, 2.24) is 9.55 Å². The molecular formula is C17H18N2O2. The van der Waals surface area contributed by atoms with E-state index in [4.69, 9.17) is 0 Å². The summed E-state index contributed by atoms with van der Waals surface area (Å²) in [5, 5.41) is 0. The zero-order chi connectivity index (χ0) is 15.0. The first-order chi connectivity index (χ1) is 10.0. The molecule has 0 bridgehead atoms. The van der Waals surface area contributed by atoms with E-state index in [0.29, 0.717) is 11.3 Å². The first kappa shape index (κ1) is 13.7. The van der Waals surface area contributed by atoms with Crippen LogP contribution in [0.5, 0.6) is 0 Å². The van der Waals surface area contributed by atoms with Crippen LogP contribution in [0.15, 0.2) is 29.1 Å². The van der Waals surface area contributed by atoms with E-state index < -0.39 is 0 Å². The molecule has 0 saturated heterocycles. The summed E-state index contributed by atoms with van der Waals surface area (Å²) in [4.78, 5) is 28.2. The molecule has 0 unspecified atom stereocenters. The van der Waals surface area contributed by atoms with Crippen molar-refractivity contribution in [2.24, 2.45) is 0 Å². The van der Waals surface area contributed by atoms with Crippen LogP contribution in [0.3, 0.4) is 0 Å². The number of aromatic nitrogens is 2. The smallest absolute Gasteiger partial charge is 0.292 e. The summed E-state index contributed by atoms with van der Waals surface area (Å²) >= 11 is 0. The molecule has 1 aliphatic rings. The molecule has 0 fully saturated rings. The Bertz CT molecular complexity index is 775. The second-order valence-corrected chi connectivity index (χ2v) is 5.67. The van der Waals surface area contributed by atoms with E-state index in [2.05, 4.69) is 4.98 Å². The van der Waals surface area contributed by atoms with Gasteiger partial charge in [0.15, 0.2) is 5.78 Å². The minimum absolute atomic E-state index is 0.0412. The van der Waals surface area contributed by atoms with Gasteiger partial charge >= 0.3 is 5.69 Å². The van der Waals surface area contributed by atoms with E-state index in [-0.39, 0.29) is 18.0 Å². The Morgan fingerprint density at radius 1 is 1.19 bits per heavy atom. The summed E-state index contributed by atoms with van der Waals surface area (Å²) in [6, 6.07) is 7.71. The molecule has 0 atom stereocenters. The Morgan fingerprint density at radius 3 is 2.71 bits per heavy atom. The van der Waals surface area contributed by atoms with Crippen LogP contribution in [0.2, 0.25) is 0 Å². The summed E-state index contributed by atoms with van der Waals surface area (Å²) in [6.07, 6.45) is 3.30. The van der Waals surface area contributed by atoms with Crippen molar-refractivity contribution >= 4 is 5.78 Å². The first-order valence-corrected chi connectivity index (χ1v) is 7.24. The zero-order valence-electron chi connectivity index (χ0n) is 12.3. The van der Waals surface area contributed by atoms with Gasteiger partial charge in [0.1, 0.15) is 0 Å². The molecule has 1 heterocycles. The average Bonchev–Trinajstić information content (AvgIpc) is 2.89. The Labute approximate surface area is 123 Å². The van der Waals surface area contributed by atoms with E-state index in [9.17, 15) is 9.59 Å². The van der Waals surface area contributed by atoms with Crippen molar-refractivity contribution in [3.05, 3.63) is 62.8 Å². The maximum absolute atomic E-state index is 12.4. The fraction of sp³-hybridized carbons (Fsp3) is 0.353. The van der Waals surface area contributed by atoms with Gasteiger partial charge in [0.05, 0.1) is 6.54 Å². The summed E-state index contributed by atoms with van der Waals surface area (Å²) in [7, 11) is 0. The number of carbonyl (C=O) groups is 1. The molecule has 0 N–H and O–H groups in total. The molecule has 0 saturated carbocycles. The largest absolute Gasteiger partial charge is 0.348 e. The lowest BCUT2D eigenvalue weighted by atomic mass is 10.0. The lowest BCUT2D eigenvalue weighted by Gasteiger charge is -2.10. The minimum atomic E-state index is -0.359. The van der Waals surface area contributed by atoms with E-state index >= 15 is 0 Å². The maximum atomic E-state index is 12.4. The molecule has 4 heteroatoms. The number of carbonyl (C=O) groups excluding carboxylic acids is 1. The van der Waals surface area contributed by atoms with Gasteiger partial charge in [-0.25, -0.2) is 4.79 Å². The lowest BCUT2D eigenvalue weighted by molar-refractivity contribution is 0.0969. The zero-order valence-corrected chi connectivity index (χ0v) is 12.3. The van der Waals surface area contributed by atoms with Crippen molar-refractivity contribution in [3.8, 4) is 0 Å². The second-order valence-electron chi connectivity index (χ2n) is 5.67. The SMILES string of the molecule is Cc1cc(C)n(CC(=O)c2ccc3c(c2)CCC3)c(=O)n1. The summed E-state index contributed by atoms with van der Waals surface area (Å²) in [5.41, 5.74) is 4.38. The van der Waals surface area contributed by atoms with Crippen LogP contribution < -0.4 is 5.69 Å². The molecule has 2 aromatic rings. The highest BCUT2D eigenvalue weighted by atomic mass is 16.2. The van der Waals surface area contributed by atoms with Gasteiger partial charge in [-0.3, -0.25) is 9.36 Å². The predicted octanol–water partition coefficient (Wildman–Crippen LogP) is 2.23. The monoisotopic (exact) mass is 282 g/mol. The van der Waals surface area contributed by atoms with E-state index in [1.54, 1.807) is 6.92 Å². The first-order valence-electron chi connectivity index (χ1n) is 7.24. The third-order valence-corrected chi connectivity index (χ3v) is 4.07. The summed E-state index contributed by atoms with van der Waals surface area (Å²) in [5.74, 6) is -0.0412. The van der Waals surface area contributed by atoms with Gasteiger partial charge in [0.2, 0.25) is 0 Å². The molecule has 1 aliphatic carbocycles. The highest BCUT2D eigenvalue weighted by molar-refractivity contribution is 5.96. The predicted molar refractivity (Wildman–Crippen MR) is 80.8 cm³/mol. The fourth-order valence-electron chi connectivity index (χ4n) is 2.95. The van der Waals surface area contributed by atoms with Crippen molar-refractivity contribution in [2.45, 2.75) is 39.7 Å². The summed E-state index contributed by atoms with van der Waals surface area (Å²) < 4.78 is 1.43. The van der Waals surface area contributed by atoms with Gasteiger partial charge in [-0.05, 0) is 56.4 Å². The van der Waals surface area contributed by atoms with Crippen molar-refractivity contribution in [2.75, 3.05) is 0 Å². The Morgan fingerprint density at radius 2 is 1.95 bits per heavy atom. The third-order valence-electron chi connectivity index (χ3n) is 4.07. The highest BCUT2D eigenvalue weighted by Gasteiger charge is 2.15. The standard InChI is InChI=1S/C17H18N2O2/c1-11-8-12(2)19(17(21)18-11)10-16(20)15-7-6-13-4-3-5-14(13)9-15/h6-9H,3-5,10H2,1-2H3. The molecule has 21 heavy (non-hydrogen) atoms. The number of benzene rings is 1. The molecule has 0 amide bonds. The van der Waals surface area contributed by atoms with Crippen LogP contribution in [0.1, 0.15) is 39.3 Å². The van der Waals surface area contributed by atoms with Crippen LogP contribution >= 0.6 is 0 Å². The molecule has 1 aromatic carbocycles. The normalized spacial score (nSPS) is 13.2. The van der Waals surface area contributed by atoms with Gasteiger partial charge in [0.25, 0.3) is 0 Å². The fourth-order valence-corrected chi connectivity index (χ4v) is 2.95. The van der Waals surface area contributed by atoms with Gasteiger partial charge in [-0.1, -0.05) is 12.1 Å². The van der Waals surface area contributed by atoms with Crippen LogP contribution in [-0.4, -0.2) is 15.3 Å². The number of rotatable bonds is 3. The van der Waals surface area contributed by atoms with Gasteiger partial charge in [0, 0.05) is 17.0 Å². The molecule has 4 nitrogen and oxygen atoms in total. The number of hydrogen-bond donors (Lipinski definition) is 0. The quantitative estimate of drug-likeness (QED) is 0.811.